The number of phenols is 1. The highest BCUT2D eigenvalue weighted by Gasteiger charge is 2.04. The highest BCUT2D eigenvalue weighted by Crippen LogP contribution is 2.32. The van der Waals surface area contributed by atoms with Crippen molar-refractivity contribution < 1.29 is 5.11 Å². The van der Waals surface area contributed by atoms with Gasteiger partial charge in [-0.3, -0.25) is 5.43 Å². The maximum absolute atomic E-state index is 9.57. The van der Waals surface area contributed by atoms with Crippen LogP contribution in [0.4, 0.5) is 5.13 Å². The van der Waals surface area contributed by atoms with Gasteiger partial charge in [-0.15, -0.1) is 11.3 Å². The molecule has 2 N–H and O–H groups in total. The number of benzene rings is 1. The molecule has 0 aliphatic rings. The second-order valence-electron chi connectivity index (χ2n) is 3.50. The first kappa shape index (κ1) is 13.5. The van der Waals surface area contributed by atoms with E-state index in [1.54, 1.807) is 18.3 Å². The van der Waals surface area contributed by atoms with Gasteiger partial charge in [0.2, 0.25) is 5.13 Å². The van der Waals surface area contributed by atoms with Crippen molar-refractivity contribution in [2.45, 2.75) is 6.92 Å². The van der Waals surface area contributed by atoms with Crippen molar-refractivity contribution in [3.8, 4) is 5.75 Å². The molecule has 1 aromatic carbocycles. The summed E-state index contributed by atoms with van der Waals surface area (Å²) in [6.45, 7) is 1.93. The SMILES string of the molecule is Cc1csc(N/N=C/c2cc(Br)c(O)c(Br)c2)n1. The van der Waals surface area contributed by atoms with Crippen LogP contribution in [0.2, 0.25) is 0 Å². The van der Waals surface area contributed by atoms with E-state index in [-0.39, 0.29) is 5.75 Å². The molecule has 94 valence electrons. The molecule has 0 spiro atoms. The average Bonchev–Trinajstić information content (AvgIpc) is 2.72. The topological polar surface area (TPSA) is 57.5 Å². The number of hydrogen-bond donors (Lipinski definition) is 2. The fourth-order valence-corrected chi connectivity index (χ4v) is 3.09. The summed E-state index contributed by atoms with van der Waals surface area (Å²) in [7, 11) is 0. The molecule has 18 heavy (non-hydrogen) atoms. The van der Waals surface area contributed by atoms with Crippen LogP contribution in [0.3, 0.4) is 0 Å². The predicted molar refractivity (Wildman–Crippen MR) is 81.6 cm³/mol. The highest BCUT2D eigenvalue weighted by molar-refractivity contribution is 9.11. The van der Waals surface area contributed by atoms with Crippen molar-refractivity contribution in [2.75, 3.05) is 5.43 Å². The molecule has 0 atom stereocenters. The molecule has 0 saturated heterocycles. The molecule has 7 heteroatoms. The third-order valence-electron chi connectivity index (χ3n) is 2.03. The number of halogens is 2. The summed E-state index contributed by atoms with van der Waals surface area (Å²) >= 11 is 8.03. The number of nitrogens with zero attached hydrogens (tertiary/aromatic N) is 2. The highest BCUT2D eigenvalue weighted by atomic mass is 79.9. The van der Waals surface area contributed by atoms with Crippen molar-refractivity contribution in [1.29, 1.82) is 0 Å². The minimum absolute atomic E-state index is 0.177. The van der Waals surface area contributed by atoms with Crippen molar-refractivity contribution in [3.63, 3.8) is 0 Å². The third kappa shape index (κ3) is 3.30. The molecular weight excluding hydrogens is 382 g/mol. The number of hydrazone groups is 1. The summed E-state index contributed by atoms with van der Waals surface area (Å²) in [6, 6.07) is 3.55. The molecule has 0 bridgehead atoms. The Morgan fingerprint density at radius 3 is 2.61 bits per heavy atom. The zero-order valence-electron chi connectivity index (χ0n) is 9.32. The Labute approximate surface area is 125 Å². The van der Waals surface area contributed by atoms with E-state index < -0.39 is 0 Å². The van der Waals surface area contributed by atoms with Gasteiger partial charge in [-0.1, -0.05) is 0 Å². The Hall–Kier alpha value is -0.920. The quantitative estimate of drug-likeness (QED) is 0.611. The second kappa shape index (κ2) is 5.81. The van der Waals surface area contributed by atoms with Gasteiger partial charge in [0.1, 0.15) is 5.75 Å². The van der Waals surface area contributed by atoms with Gasteiger partial charge in [0.05, 0.1) is 20.9 Å². The number of aryl methyl sites for hydroxylation is 1. The Kier molecular flexibility index (Phi) is 4.36. The number of aromatic nitrogens is 1. The van der Waals surface area contributed by atoms with Crippen LogP contribution in [-0.4, -0.2) is 16.3 Å². The number of thiazole rings is 1. The van der Waals surface area contributed by atoms with Gasteiger partial charge < -0.3 is 5.11 Å². The summed E-state index contributed by atoms with van der Waals surface area (Å²) in [6.07, 6.45) is 1.66. The van der Waals surface area contributed by atoms with Crippen LogP contribution in [0.5, 0.6) is 5.75 Å². The zero-order chi connectivity index (χ0) is 13.1. The van der Waals surface area contributed by atoms with E-state index in [0.717, 1.165) is 16.4 Å². The Morgan fingerprint density at radius 1 is 1.39 bits per heavy atom. The fraction of sp³-hybridized carbons (Fsp3) is 0.0909. The Bertz CT molecular complexity index is 575. The number of hydrogen-bond acceptors (Lipinski definition) is 5. The number of rotatable bonds is 3. The van der Waals surface area contributed by atoms with E-state index in [1.165, 1.54) is 11.3 Å². The first-order valence-electron chi connectivity index (χ1n) is 4.95. The lowest BCUT2D eigenvalue weighted by Crippen LogP contribution is -1.90. The molecule has 2 aromatic rings. The third-order valence-corrected chi connectivity index (χ3v) is 4.11. The van der Waals surface area contributed by atoms with Crippen molar-refractivity contribution in [1.82, 2.24) is 4.98 Å². The molecule has 0 amide bonds. The molecule has 1 heterocycles. The lowest BCUT2D eigenvalue weighted by molar-refractivity contribution is 0.468. The van der Waals surface area contributed by atoms with Gasteiger partial charge >= 0.3 is 0 Å². The largest absolute Gasteiger partial charge is 0.506 e. The monoisotopic (exact) mass is 389 g/mol. The van der Waals surface area contributed by atoms with E-state index in [0.29, 0.717) is 8.95 Å². The second-order valence-corrected chi connectivity index (χ2v) is 6.06. The van der Waals surface area contributed by atoms with Crippen molar-refractivity contribution >= 4 is 54.5 Å². The van der Waals surface area contributed by atoms with E-state index in [9.17, 15) is 5.11 Å². The summed E-state index contributed by atoms with van der Waals surface area (Å²) < 4.78 is 1.23. The molecule has 0 fully saturated rings. The summed E-state index contributed by atoms with van der Waals surface area (Å²) in [5.74, 6) is 0.177. The van der Waals surface area contributed by atoms with Crippen molar-refractivity contribution in [2.24, 2.45) is 5.10 Å². The smallest absolute Gasteiger partial charge is 0.203 e. The van der Waals surface area contributed by atoms with Crippen LogP contribution in [0.1, 0.15) is 11.3 Å². The van der Waals surface area contributed by atoms with Crippen LogP contribution < -0.4 is 5.43 Å². The summed E-state index contributed by atoms with van der Waals surface area (Å²) in [4.78, 5) is 4.23. The first-order valence-corrected chi connectivity index (χ1v) is 7.42. The molecular formula is C11H9Br2N3OS. The molecule has 0 aliphatic heterocycles. The van der Waals surface area contributed by atoms with Gasteiger partial charge in [0.15, 0.2) is 0 Å². The van der Waals surface area contributed by atoms with E-state index in [4.69, 9.17) is 0 Å². The fourth-order valence-electron chi connectivity index (χ4n) is 1.23. The number of aromatic hydroxyl groups is 1. The molecule has 4 nitrogen and oxygen atoms in total. The zero-order valence-corrected chi connectivity index (χ0v) is 13.3. The van der Waals surface area contributed by atoms with Gasteiger partial charge in [0.25, 0.3) is 0 Å². The molecule has 1 aromatic heterocycles. The molecule has 0 aliphatic carbocycles. The van der Waals surface area contributed by atoms with Crippen LogP contribution in [-0.2, 0) is 0 Å². The first-order chi connectivity index (χ1) is 8.56. The number of phenolic OH excluding ortho intramolecular Hbond substituents is 1. The average molecular weight is 391 g/mol. The molecule has 2 rings (SSSR count). The Balaban J connectivity index is 2.09. The summed E-state index contributed by atoms with van der Waals surface area (Å²) in [5.41, 5.74) is 4.67. The minimum atomic E-state index is 0.177. The maximum Gasteiger partial charge on any atom is 0.203 e. The minimum Gasteiger partial charge on any atom is -0.506 e. The van der Waals surface area contributed by atoms with Gasteiger partial charge in [0, 0.05) is 5.38 Å². The predicted octanol–water partition coefficient (Wildman–Crippen LogP) is 4.13. The van der Waals surface area contributed by atoms with Crippen LogP contribution in [0.25, 0.3) is 0 Å². The van der Waals surface area contributed by atoms with Crippen LogP contribution in [0, 0.1) is 6.92 Å². The molecule has 0 saturated carbocycles. The lowest BCUT2D eigenvalue weighted by atomic mass is 10.2. The number of anilines is 1. The molecule has 0 unspecified atom stereocenters. The van der Waals surface area contributed by atoms with Crippen LogP contribution >= 0.6 is 43.2 Å². The van der Waals surface area contributed by atoms with Gasteiger partial charge in [-0.05, 0) is 56.5 Å². The Morgan fingerprint density at radius 2 is 2.06 bits per heavy atom. The van der Waals surface area contributed by atoms with Crippen molar-refractivity contribution in [3.05, 3.63) is 37.7 Å². The van der Waals surface area contributed by atoms with Crippen LogP contribution in [0.15, 0.2) is 31.6 Å². The number of nitrogens with one attached hydrogen (secondary N) is 1. The van der Waals surface area contributed by atoms with E-state index in [1.807, 2.05) is 12.3 Å². The maximum atomic E-state index is 9.57. The lowest BCUT2D eigenvalue weighted by Gasteiger charge is -2.01. The molecule has 0 radical (unpaired) electrons. The standard InChI is InChI=1S/C11H9Br2N3OS/c1-6-5-18-11(15-6)16-14-4-7-2-8(12)10(17)9(13)3-7/h2-5,17H,1H3,(H,15,16)/b14-4+. The van der Waals surface area contributed by atoms with Gasteiger partial charge in [-0.25, -0.2) is 4.98 Å². The van der Waals surface area contributed by atoms with Gasteiger partial charge in [-0.2, -0.15) is 5.10 Å². The van der Waals surface area contributed by atoms with E-state index >= 15 is 0 Å². The summed E-state index contributed by atoms with van der Waals surface area (Å²) in [5, 5.41) is 16.4. The normalized spacial score (nSPS) is 11.1. The van der Waals surface area contributed by atoms with E-state index in [2.05, 4.69) is 47.4 Å².